The Hall–Kier alpha value is -1.47. The fourth-order valence-corrected chi connectivity index (χ4v) is 3.35. The van der Waals surface area contributed by atoms with Gasteiger partial charge < -0.3 is 14.9 Å². The number of carbonyl (C=O) groups is 2. The van der Waals surface area contributed by atoms with Crippen molar-refractivity contribution in [2.45, 2.75) is 56.4 Å². The molecule has 0 aromatic carbocycles. The molecule has 114 valence electrons. The lowest BCUT2D eigenvalue weighted by Gasteiger charge is -2.49. The average molecular weight is 294 g/mol. The summed E-state index contributed by atoms with van der Waals surface area (Å²) < 4.78 is 37.4. The number of rotatable bonds is 1. The van der Waals surface area contributed by atoms with Gasteiger partial charge in [0.1, 0.15) is 0 Å². The van der Waals surface area contributed by atoms with Gasteiger partial charge in [0.15, 0.2) is 0 Å². The predicted octanol–water partition coefficient (Wildman–Crippen LogP) is 2.07. The Balaban J connectivity index is 2.11. The summed E-state index contributed by atoms with van der Waals surface area (Å²) in [6.45, 7) is 0. The van der Waals surface area contributed by atoms with Gasteiger partial charge in [-0.1, -0.05) is 0 Å². The molecule has 0 radical (unpaired) electrons. The maximum absolute atomic E-state index is 12.5. The van der Waals surface area contributed by atoms with Crippen LogP contribution >= 0.6 is 0 Å². The van der Waals surface area contributed by atoms with Gasteiger partial charge in [0.05, 0.1) is 0 Å². The van der Waals surface area contributed by atoms with Gasteiger partial charge >= 0.3 is 18.2 Å². The molecule has 2 saturated heterocycles. The van der Waals surface area contributed by atoms with Crippen LogP contribution in [0.1, 0.15) is 32.1 Å². The van der Waals surface area contributed by atoms with Crippen molar-refractivity contribution in [1.82, 2.24) is 9.80 Å². The third-order valence-corrected chi connectivity index (χ3v) is 4.28. The summed E-state index contributed by atoms with van der Waals surface area (Å²) in [6, 6.07) is -1.11. The Bertz CT molecular complexity index is 399. The van der Waals surface area contributed by atoms with Crippen molar-refractivity contribution in [2.24, 2.45) is 0 Å². The number of hydrogen-bond acceptors (Lipinski definition) is 2. The number of nitrogens with zero attached hydrogens (tertiary/aromatic N) is 2. The van der Waals surface area contributed by atoms with Crippen molar-refractivity contribution in [3.63, 3.8) is 0 Å². The number of carboxylic acid groups (broad SMARTS) is 1. The fraction of sp³-hybridized carbons (Fsp3) is 0.833. The molecule has 20 heavy (non-hydrogen) atoms. The number of halogens is 3. The molecule has 8 heteroatoms. The quantitative estimate of drug-likeness (QED) is 0.805. The summed E-state index contributed by atoms with van der Waals surface area (Å²) >= 11 is 0. The molecule has 0 aromatic rings. The first kappa shape index (κ1) is 14.9. The van der Waals surface area contributed by atoms with Gasteiger partial charge in [-0.15, -0.1) is 0 Å². The van der Waals surface area contributed by atoms with Crippen LogP contribution in [0, 0.1) is 0 Å². The summed E-state index contributed by atoms with van der Waals surface area (Å²) in [7, 11) is 1.15. The van der Waals surface area contributed by atoms with Crippen LogP contribution in [0.2, 0.25) is 0 Å². The molecule has 2 bridgehead atoms. The van der Waals surface area contributed by atoms with Crippen LogP contribution in [0.5, 0.6) is 0 Å². The number of amides is 2. The highest BCUT2D eigenvalue weighted by Crippen LogP contribution is 2.36. The first-order valence-electron chi connectivity index (χ1n) is 6.57. The molecule has 0 spiro atoms. The van der Waals surface area contributed by atoms with E-state index < -0.39 is 24.2 Å². The van der Waals surface area contributed by atoms with Gasteiger partial charge in [-0.05, 0) is 32.1 Å². The second-order valence-electron chi connectivity index (χ2n) is 5.47. The van der Waals surface area contributed by atoms with Gasteiger partial charge in [-0.2, -0.15) is 13.2 Å². The maximum atomic E-state index is 12.5. The van der Waals surface area contributed by atoms with Crippen molar-refractivity contribution >= 4 is 12.0 Å². The van der Waals surface area contributed by atoms with Crippen molar-refractivity contribution in [3.05, 3.63) is 0 Å². The van der Waals surface area contributed by atoms with E-state index in [0.717, 1.165) is 18.4 Å². The number of alkyl halides is 3. The minimum atomic E-state index is -4.88. The molecule has 2 rings (SSSR count). The lowest BCUT2D eigenvalue weighted by Crippen LogP contribution is -2.59. The normalized spacial score (nSPS) is 30.0. The van der Waals surface area contributed by atoms with E-state index in [0.29, 0.717) is 12.8 Å². The zero-order valence-corrected chi connectivity index (χ0v) is 11.1. The van der Waals surface area contributed by atoms with Gasteiger partial charge in [0, 0.05) is 25.2 Å². The predicted molar refractivity (Wildman–Crippen MR) is 63.1 cm³/mol. The van der Waals surface area contributed by atoms with E-state index in [9.17, 15) is 27.9 Å². The molecule has 2 fully saturated rings. The van der Waals surface area contributed by atoms with Crippen molar-refractivity contribution in [2.75, 3.05) is 7.05 Å². The molecule has 0 aromatic heterocycles. The molecule has 3 atom stereocenters. The van der Waals surface area contributed by atoms with Crippen molar-refractivity contribution in [3.8, 4) is 0 Å². The summed E-state index contributed by atoms with van der Waals surface area (Å²) in [5.74, 6) is -1.86. The third-order valence-electron chi connectivity index (χ3n) is 4.28. The summed E-state index contributed by atoms with van der Waals surface area (Å²) in [5.41, 5.74) is 0. The molecule has 2 aliphatic rings. The summed E-state index contributed by atoms with van der Waals surface area (Å²) in [5, 5.41) is 9.17. The van der Waals surface area contributed by atoms with E-state index >= 15 is 0 Å². The van der Waals surface area contributed by atoms with Crippen LogP contribution in [0.25, 0.3) is 0 Å². The van der Waals surface area contributed by atoms with Crippen molar-refractivity contribution in [1.29, 1.82) is 0 Å². The smallest absolute Gasteiger partial charge is 0.465 e. The molecule has 1 N–H and O–H groups in total. The van der Waals surface area contributed by atoms with Crippen LogP contribution < -0.4 is 0 Å². The first-order chi connectivity index (χ1) is 9.21. The average Bonchev–Trinajstić information content (AvgIpc) is 2.34. The van der Waals surface area contributed by atoms with Gasteiger partial charge in [-0.3, -0.25) is 4.79 Å². The molecule has 2 heterocycles. The lowest BCUT2D eigenvalue weighted by atomic mass is 9.81. The SMILES string of the molecule is CN(C(=O)C(F)(F)F)[C@@H]1C[C@H]2CCC[C@@H](C1)N2C(=O)O. The van der Waals surface area contributed by atoms with E-state index in [1.54, 1.807) is 0 Å². The van der Waals surface area contributed by atoms with E-state index in [1.807, 2.05) is 0 Å². The number of piperidine rings is 2. The topological polar surface area (TPSA) is 60.9 Å². The molecular formula is C12H17F3N2O3. The maximum Gasteiger partial charge on any atom is 0.471 e. The Morgan fingerprint density at radius 1 is 1.20 bits per heavy atom. The van der Waals surface area contributed by atoms with E-state index in [4.69, 9.17) is 0 Å². The zero-order chi connectivity index (χ0) is 15.1. The molecular weight excluding hydrogens is 277 g/mol. The highest BCUT2D eigenvalue weighted by atomic mass is 19.4. The first-order valence-corrected chi connectivity index (χ1v) is 6.57. The van der Waals surface area contributed by atoms with Crippen LogP contribution in [0.15, 0.2) is 0 Å². The van der Waals surface area contributed by atoms with Crippen LogP contribution in [-0.4, -0.2) is 58.3 Å². The molecule has 2 aliphatic heterocycles. The molecule has 5 nitrogen and oxygen atoms in total. The highest BCUT2D eigenvalue weighted by Gasteiger charge is 2.47. The molecule has 0 unspecified atom stereocenters. The van der Waals surface area contributed by atoms with Crippen molar-refractivity contribution < 1.29 is 27.9 Å². The third kappa shape index (κ3) is 2.69. The van der Waals surface area contributed by atoms with Gasteiger partial charge in [0.25, 0.3) is 0 Å². The zero-order valence-electron chi connectivity index (χ0n) is 11.1. The Morgan fingerprint density at radius 3 is 2.10 bits per heavy atom. The Kier molecular flexibility index (Phi) is 3.84. The minimum absolute atomic E-state index is 0.279. The summed E-state index contributed by atoms with van der Waals surface area (Å²) in [6.07, 6.45) is -3.18. The Labute approximate surface area is 114 Å². The van der Waals surface area contributed by atoms with Crippen LogP contribution in [-0.2, 0) is 4.79 Å². The van der Waals surface area contributed by atoms with E-state index in [-0.39, 0.29) is 24.9 Å². The number of fused-ring (bicyclic) bond motifs is 2. The van der Waals surface area contributed by atoms with Gasteiger partial charge in [0.2, 0.25) is 0 Å². The second kappa shape index (κ2) is 5.14. The van der Waals surface area contributed by atoms with Gasteiger partial charge in [-0.25, -0.2) is 4.79 Å². The molecule has 2 amide bonds. The minimum Gasteiger partial charge on any atom is -0.465 e. The highest BCUT2D eigenvalue weighted by molar-refractivity contribution is 5.82. The van der Waals surface area contributed by atoms with E-state index in [2.05, 4.69) is 0 Å². The lowest BCUT2D eigenvalue weighted by molar-refractivity contribution is -0.187. The molecule has 0 saturated carbocycles. The number of hydrogen-bond donors (Lipinski definition) is 1. The fourth-order valence-electron chi connectivity index (χ4n) is 3.35. The van der Waals surface area contributed by atoms with Crippen LogP contribution in [0.4, 0.5) is 18.0 Å². The summed E-state index contributed by atoms with van der Waals surface area (Å²) in [4.78, 5) is 24.6. The monoisotopic (exact) mass is 294 g/mol. The standard InChI is InChI=1S/C12H17F3N2O3/c1-16(10(18)12(13,14)15)9-5-7-3-2-4-8(6-9)17(7)11(19)20/h7-9H,2-6H2,1H3,(H,19,20)/t7-,8+,9-. The Morgan fingerprint density at radius 2 is 1.70 bits per heavy atom. The van der Waals surface area contributed by atoms with Crippen LogP contribution in [0.3, 0.4) is 0 Å². The molecule has 0 aliphatic carbocycles. The van der Waals surface area contributed by atoms with E-state index in [1.165, 1.54) is 4.90 Å². The largest absolute Gasteiger partial charge is 0.471 e. The second-order valence-corrected chi connectivity index (χ2v) is 5.47. The number of carbonyl (C=O) groups excluding carboxylic acids is 1.